The predicted molar refractivity (Wildman–Crippen MR) is 56.6 cm³/mol. The smallest absolute Gasteiger partial charge is 0.0911 e. The minimum absolute atomic E-state index is 0.475. The molecule has 72 valence electrons. The Bertz CT molecular complexity index is 278. The first-order chi connectivity index (χ1) is 6.36. The van der Waals surface area contributed by atoms with Gasteiger partial charge in [-0.1, -0.05) is 6.07 Å². The Hall–Kier alpha value is -0.190. The third-order valence-corrected chi connectivity index (χ3v) is 5.03. The molecule has 0 amide bonds. The molecule has 1 saturated heterocycles. The van der Waals surface area contributed by atoms with E-state index >= 15 is 0 Å². The van der Waals surface area contributed by atoms with Crippen LogP contribution in [0.25, 0.3) is 0 Å². The highest BCUT2D eigenvalue weighted by atomic mass is 32.2. The van der Waals surface area contributed by atoms with Gasteiger partial charge in [-0.25, -0.2) is 0 Å². The lowest BCUT2D eigenvalue weighted by atomic mass is 10.3. The van der Waals surface area contributed by atoms with Crippen LogP contribution >= 0.6 is 11.3 Å². The summed E-state index contributed by atoms with van der Waals surface area (Å²) in [5, 5.41) is 5.34. The zero-order valence-corrected chi connectivity index (χ0v) is 9.00. The molecule has 4 heteroatoms. The molecule has 0 saturated carbocycles. The van der Waals surface area contributed by atoms with Gasteiger partial charge in [0, 0.05) is 11.8 Å². The van der Waals surface area contributed by atoms with Gasteiger partial charge in [-0.3, -0.25) is 4.21 Å². The molecular weight excluding hydrogens is 202 g/mol. The second-order valence-corrected chi connectivity index (χ2v) is 5.91. The molecule has 1 N–H and O–H groups in total. The average molecular weight is 215 g/mol. The van der Waals surface area contributed by atoms with Crippen molar-refractivity contribution in [2.75, 3.05) is 12.3 Å². The van der Waals surface area contributed by atoms with Gasteiger partial charge in [0.2, 0.25) is 0 Å². The van der Waals surface area contributed by atoms with E-state index in [9.17, 15) is 4.21 Å². The molecule has 1 aliphatic rings. The summed E-state index contributed by atoms with van der Waals surface area (Å²) in [5.41, 5.74) is 0. The number of hydrogen-bond acceptors (Lipinski definition) is 3. The molecule has 0 radical (unpaired) electrons. The van der Waals surface area contributed by atoms with Gasteiger partial charge in [-0.15, -0.1) is 11.3 Å². The van der Waals surface area contributed by atoms with Gasteiger partial charge in [0.05, 0.1) is 15.0 Å². The minimum Gasteiger partial charge on any atom is -0.313 e. The zero-order valence-electron chi connectivity index (χ0n) is 7.36. The highest BCUT2D eigenvalue weighted by Crippen LogP contribution is 2.16. The van der Waals surface area contributed by atoms with Crippen LogP contribution in [0, 0.1) is 0 Å². The van der Waals surface area contributed by atoms with Gasteiger partial charge < -0.3 is 5.32 Å². The van der Waals surface area contributed by atoms with Gasteiger partial charge in [0.25, 0.3) is 0 Å². The second-order valence-electron chi connectivity index (χ2n) is 3.24. The molecule has 2 nitrogen and oxygen atoms in total. The third-order valence-electron chi connectivity index (χ3n) is 2.23. The standard InChI is InChI=1S/C9H13NOS2/c11-13(9-4-2-6-12-9)7-8-3-1-5-10-8/h2,4,6,8,10H,1,3,5,7H2/t8-,13?/m1/s1. The summed E-state index contributed by atoms with van der Waals surface area (Å²) in [6.07, 6.45) is 2.41. The average Bonchev–Trinajstić information content (AvgIpc) is 2.74. The lowest BCUT2D eigenvalue weighted by Gasteiger charge is -2.07. The van der Waals surface area contributed by atoms with Crippen LogP contribution in [0.15, 0.2) is 21.7 Å². The van der Waals surface area contributed by atoms with E-state index < -0.39 is 10.8 Å². The van der Waals surface area contributed by atoms with Crippen molar-refractivity contribution in [2.24, 2.45) is 0 Å². The van der Waals surface area contributed by atoms with Crippen molar-refractivity contribution in [3.63, 3.8) is 0 Å². The van der Waals surface area contributed by atoms with Crippen LogP contribution in [0.2, 0.25) is 0 Å². The molecule has 13 heavy (non-hydrogen) atoms. The van der Waals surface area contributed by atoms with Gasteiger partial charge in [0.15, 0.2) is 0 Å². The molecule has 2 atom stereocenters. The number of hydrogen-bond donors (Lipinski definition) is 1. The lowest BCUT2D eigenvalue weighted by molar-refractivity contribution is 0.644. The highest BCUT2D eigenvalue weighted by Gasteiger charge is 2.17. The van der Waals surface area contributed by atoms with Crippen molar-refractivity contribution in [3.05, 3.63) is 17.5 Å². The summed E-state index contributed by atoms with van der Waals surface area (Å²) in [6, 6.07) is 4.39. The van der Waals surface area contributed by atoms with Crippen LogP contribution in [0.5, 0.6) is 0 Å². The van der Waals surface area contributed by atoms with E-state index in [1.807, 2.05) is 17.5 Å². The van der Waals surface area contributed by atoms with E-state index in [2.05, 4.69) is 5.32 Å². The van der Waals surface area contributed by atoms with Crippen molar-refractivity contribution in [1.29, 1.82) is 0 Å². The normalized spacial score (nSPS) is 24.8. The molecule has 0 aromatic carbocycles. The summed E-state index contributed by atoms with van der Waals surface area (Å²) in [6.45, 7) is 1.09. The van der Waals surface area contributed by atoms with Crippen molar-refractivity contribution in [1.82, 2.24) is 5.32 Å². The maximum atomic E-state index is 11.7. The van der Waals surface area contributed by atoms with E-state index in [0.29, 0.717) is 6.04 Å². The first-order valence-electron chi connectivity index (χ1n) is 4.51. The van der Waals surface area contributed by atoms with Crippen LogP contribution < -0.4 is 5.32 Å². The van der Waals surface area contributed by atoms with Crippen LogP contribution in [-0.2, 0) is 10.8 Å². The Balaban J connectivity index is 1.91. The summed E-state index contributed by atoms with van der Waals surface area (Å²) >= 11 is 1.59. The minimum atomic E-state index is -0.786. The summed E-state index contributed by atoms with van der Waals surface area (Å²) in [5.74, 6) is 0.778. The van der Waals surface area contributed by atoms with E-state index in [1.54, 1.807) is 11.3 Å². The quantitative estimate of drug-likeness (QED) is 0.830. The second kappa shape index (κ2) is 4.35. The Kier molecular flexibility index (Phi) is 3.14. The molecule has 1 aliphatic heterocycles. The molecule has 2 rings (SSSR count). The Morgan fingerprint density at radius 1 is 1.69 bits per heavy atom. The van der Waals surface area contributed by atoms with Gasteiger partial charge >= 0.3 is 0 Å². The molecule has 1 fully saturated rings. The van der Waals surface area contributed by atoms with Gasteiger partial charge in [-0.2, -0.15) is 0 Å². The predicted octanol–water partition coefficient (Wildman–Crippen LogP) is 1.61. The SMILES string of the molecule is O=S(C[C@H]1CCCN1)c1cccs1. The van der Waals surface area contributed by atoms with E-state index in [0.717, 1.165) is 16.5 Å². The molecular formula is C9H13NOS2. The van der Waals surface area contributed by atoms with Crippen molar-refractivity contribution >= 4 is 22.1 Å². The molecule has 1 unspecified atom stereocenters. The molecule has 1 aromatic rings. The Morgan fingerprint density at radius 3 is 3.23 bits per heavy atom. The number of rotatable bonds is 3. The fraction of sp³-hybridized carbons (Fsp3) is 0.556. The maximum absolute atomic E-state index is 11.7. The monoisotopic (exact) mass is 215 g/mol. The fourth-order valence-electron chi connectivity index (χ4n) is 1.56. The molecule has 0 bridgehead atoms. The molecule has 0 spiro atoms. The lowest BCUT2D eigenvalue weighted by Crippen LogP contribution is -2.27. The summed E-state index contributed by atoms with van der Waals surface area (Å²) < 4.78 is 12.8. The van der Waals surface area contributed by atoms with Gasteiger partial charge in [0.1, 0.15) is 0 Å². The molecule has 1 aromatic heterocycles. The zero-order chi connectivity index (χ0) is 9.10. The van der Waals surface area contributed by atoms with Crippen LogP contribution in [0.3, 0.4) is 0 Å². The van der Waals surface area contributed by atoms with Gasteiger partial charge in [-0.05, 0) is 30.8 Å². The van der Waals surface area contributed by atoms with E-state index in [-0.39, 0.29) is 0 Å². The largest absolute Gasteiger partial charge is 0.313 e. The molecule has 0 aliphatic carbocycles. The molecule has 2 heterocycles. The number of thiophene rings is 1. The third kappa shape index (κ3) is 2.39. The topological polar surface area (TPSA) is 29.1 Å². The maximum Gasteiger partial charge on any atom is 0.0911 e. The van der Waals surface area contributed by atoms with Crippen LogP contribution in [-0.4, -0.2) is 22.5 Å². The van der Waals surface area contributed by atoms with E-state index in [4.69, 9.17) is 0 Å². The summed E-state index contributed by atoms with van der Waals surface area (Å²) in [4.78, 5) is 0. The Labute approximate surface area is 84.8 Å². The van der Waals surface area contributed by atoms with E-state index in [1.165, 1.54) is 12.8 Å². The Morgan fingerprint density at radius 2 is 2.62 bits per heavy atom. The van der Waals surface area contributed by atoms with Crippen LogP contribution in [0.4, 0.5) is 0 Å². The highest BCUT2D eigenvalue weighted by molar-refractivity contribution is 7.87. The van der Waals surface area contributed by atoms with Crippen molar-refractivity contribution in [2.45, 2.75) is 23.1 Å². The van der Waals surface area contributed by atoms with Crippen LogP contribution in [0.1, 0.15) is 12.8 Å². The summed E-state index contributed by atoms with van der Waals surface area (Å²) in [7, 11) is -0.786. The first-order valence-corrected chi connectivity index (χ1v) is 6.71. The first kappa shape index (κ1) is 9.37. The fourth-order valence-corrected chi connectivity index (χ4v) is 3.85. The van der Waals surface area contributed by atoms with Crippen molar-refractivity contribution < 1.29 is 4.21 Å². The van der Waals surface area contributed by atoms with Crippen molar-refractivity contribution in [3.8, 4) is 0 Å². The number of nitrogens with one attached hydrogen (secondary N) is 1.